The Kier molecular flexibility index (Phi) is 6.30. The molecule has 1 saturated heterocycles. The Hall–Kier alpha value is -2.61. The fourth-order valence-electron chi connectivity index (χ4n) is 4.22. The first-order valence-corrected chi connectivity index (χ1v) is 11.7. The fourth-order valence-corrected chi connectivity index (χ4v) is 4.64. The molecule has 32 heavy (non-hydrogen) atoms. The lowest BCUT2D eigenvalue weighted by atomic mass is 10.2. The van der Waals surface area contributed by atoms with Crippen LogP contribution in [0.25, 0.3) is 11.3 Å². The van der Waals surface area contributed by atoms with E-state index in [0.29, 0.717) is 10.0 Å². The minimum absolute atomic E-state index is 0.616. The van der Waals surface area contributed by atoms with Crippen molar-refractivity contribution in [1.82, 2.24) is 29.5 Å². The van der Waals surface area contributed by atoms with Gasteiger partial charge in [-0.1, -0.05) is 40.5 Å². The molecule has 0 aliphatic carbocycles. The lowest BCUT2D eigenvalue weighted by Gasteiger charge is -2.36. The molecular weight excluding hydrogens is 445 g/mol. The molecule has 0 atom stereocenters. The molecule has 0 N–H and O–H groups in total. The van der Waals surface area contributed by atoms with Crippen molar-refractivity contribution in [2.45, 2.75) is 19.3 Å². The van der Waals surface area contributed by atoms with Crippen molar-refractivity contribution < 1.29 is 0 Å². The molecule has 1 fully saturated rings. The molecule has 0 saturated carbocycles. The maximum atomic E-state index is 6.38. The molecule has 4 aromatic rings. The zero-order valence-electron chi connectivity index (χ0n) is 17.7. The van der Waals surface area contributed by atoms with Crippen LogP contribution < -0.4 is 4.90 Å². The summed E-state index contributed by atoms with van der Waals surface area (Å²) < 4.78 is 3.67. The number of piperazine rings is 1. The van der Waals surface area contributed by atoms with Crippen molar-refractivity contribution in [3.05, 3.63) is 70.6 Å². The summed E-state index contributed by atoms with van der Waals surface area (Å²) in [7, 11) is 0. The number of hydrogen-bond acceptors (Lipinski definition) is 5. The van der Waals surface area contributed by atoms with Gasteiger partial charge in [0, 0.05) is 26.2 Å². The van der Waals surface area contributed by atoms with Gasteiger partial charge in [-0.15, -0.1) is 5.10 Å². The molecule has 0 bridgehead atoms. The van der Waals surface area contributed by atoms with Crippen molar-refractivity contribution in [1.29, 1.82) is 0 Å². The Morgan fingerprint density at radius 3 is 2.62 bits per heavy atom. The second kappa shape index (κ2) is 9.48. The summed E-state index contributed by atoms with van der Waals surface area (Å²) in [5.74, 6) is 0.893. The number of hydrogen-bond donors (Lipinski definition) is 0. The minimum atomic E-state index is 0.616. The third kappa shape index (κ3) is 4.46. The van der Waals surface area contributed by atoms with E-state index in [4.69, 9.17) is 23.2 Å². The molecule has 4 heterocycles. The van der Waals surface area contributed by atoms with Crippen LogP contribution in [0.5, 0.6) is 0 Å². The molecule has 0 amide bonds. The Morgan fingerprint density at radius 2 is 1.75 bits per heavy atom. The predicted molar refractivity (Wildman–Crippen MR) is 128 cm³/mol. The molecular formula is C23H25Cl2N7. The van der Waals surface area contributed by atoms with Crippen molar-refractivity contribution >= 4 is 34.4 Å². The minimum Gasteiger partial charge on any atom is -0.368 e. The van der Waals surface area contributed by atoms with Crippen molar-refractivity contribution in [2.75, 3.05) is 37.6 Å². The molecule has 1 aliphatic rings. The molecule has 0 unspecified atom stereocenters. The molecule has 0 spiro atoms. The van der Waals surface area contributed by atoms with E-state index >= 15 is 0 Å². The fraction of sp³-hybridized carbons (Fsp3) is 0.348. The van der Waals surface area contributed by atoms with E-state index in [1.165, 1.54) is 0 Å². The van der Waals surface area contributed by atoms with Crippen LogP contribution in [0, 0.1) is 0 Å². The summed E-state index contributed by atoms with van der Waals surface area (Å²) >= 11 is 12.6. The molecule has 0 radical (unpaired) electrons. The van der Waals surface area contributed by atoms with Gasteiger partial charge in [0.25, 0.3) is 0 Å². The lowest BCUT2D eigenvalue weighted by molar-refractivity contribution is 0.253. The van der Waals surface area contributed by atoms with Gasteiger partial charge in [-0.25, -0.2) is 9.20 Å². The molecule has 1 aromatic carbocycles. The lowest BCUT2D eigenvalue weighted by Crippen LogP contribution is -2.46. The molecule has 3 aromatic heterocycles. The summed E-state index contributed by atoms with van der Waals surface area (Å²) in [6.07, 6.45) is 6.95. The number of anilines is 1. The number of halogens is 2. The highest BCUT2D eigenvalue weighted by Crippen LogP contribution is 2.32. The Balaban J connectivity index is 1.08. The predicted octanol–water partition coefficient (Wildman–Crippen LogP) is 4.37. The molecule has 7 nitrogen and oxygen atoms in total. The van der Waals surface area contributed by atoms with E-state index in [1.807, 2.05) is 53.2 Å². The Morgan fingerprint density at radius 1 is 0.906 bits per heavy atom. The molecule has 166 valence electrons. The highest BCUT2D eigenvalue weighted by Gasteiger charge is 2.19. The normalized spacial score (nSPS) is 15.0. The van der Waals surface area contributed by atoms with E-state index in [0.717, 1.165) is 74.7 Å². The summed E-state index contributed by atoms with van der Waals surface area (Å²) in [6, 6.07) is 13.8. The number of nitrogens with zero attached hydrogens (tertiary/aromatic N) is 7. The summed E-state index contributed by atoms with van der Waals surface area (Å²) in [4.78, 5) is 4.84. The molecule has 5 rings (SSSR count). The smallest absolute Gasteiger partial charge is 0.157 e. The second-order valence-corrected chi connectivity index (χ2v) is 8.85. The van der Waals surface area contributed by atoms with Gasteiger partial charge in [-0.3, -0.25) is 4.90 Å². The summed E-state index contributed by atoms with van der Waals surface area (Å²) in [5, 5.41) is 14.3. The van der Waals surface area contributed by atoms with Crippen LogP contribution >= 0.6 is 23.2 Å². The number of benzene rings is 1. The number of aryl methyl sites for hydroxylation is 1. The van der Waals surface area contributed by atoms with E-state index in [-0.39, 0.29) is 0 Å². The first kappa shape index (κ1) is 21.2. The van der Waals surface area contributed by atoms with Crippen LogP contribution in [0.4, 0.5) is 5.69 Å². The van der Waals surface area contributed by atoms with Crippen LogP contribution in [0.1, 0.15) is 18.5 Å². The van der Waals surface area contributed by atoms with Crippen LogP contribution in [0.3, 0.4) is 0 Å². The number of rotatable bonds is 7. The van der Waals surface area contributed by atoms with E-state index < -0.39 is 0 Å². The van der Waals surface area contributed by atoms with Gasteiger partial charge in [0.2, 0.25) is 0 Å². The average molecular weight is 470 g/mol. The largest absolute Gasteiger partial charge is 0.368 e. The Bertz CT molecular complexity index is 1190. The third-order valence-electron chi connectivity index (χ3n) is 5.98. The standard InChI is InChI=1S/C23H25Cl2N7/c24-20-7-4-8-21(23(20)25)30-15-13-29(14-16-30)12-2-1-5-18-17-31(28-27-18)22-9-3-6-19-10-11-26-32(19)22/h3-4,6-11,17H,1-2,5,12-16H2. The van der Waals surface area contributed by atoms with Crippen molar-refractivity contribution in [2.24, 2.45) is 0 Å². The topological polar surface area (TPSA) is 54.5 Å². The third-order valence-corrected chi connectivity index (χ3v) is 6.79. The number of unbranched alkanes of at least 4 members (excludes halogenated alkanes) is 1. The summed E-state index contributed by atoms with van der Waals surface area (Å²) in [6.45, 7) is 5.10. The van der Waals surface area contributed by atoms with Crippen molar-refractivity contribution in [3.63, 3.8) is 0 Å². The Labute approximate surface area is 197 Å². The maximum absolute atomic E-state index is 6.38. The van der Waals surface area contributed by atoms with Gasteiger partial charge in [-0.05, 0) is 56.1 Å². The van der Waals surface area contributed by atoms with Crippen LogP contribution in [0.15, 0.2) is 54.9 Å². The van der Waals surface area contributed by atoms with Gasteiger partial charge >= 0.3 is 0 Å². The quantitative estimate of drug-likeness (QED) is 0.376. The second-order valence-electron chi connectivity index (χ2n) is 8.07. The highest BCUT2D eigenvalue weighted by atomic mass is 35.5. The zero-order valence-corrected chi connectivity index (χ0v) is 19.3. The van der Waals surface area contributed by atoms with Crippen LogP contribution in [-0.2, 0) is 6.42 Å². The van der Waals surface area contributed by atoms with Crippen LogP contribution in [0.2, 0.25) is 10.0 Å². The van der Waals surface area contributed by atoms with E-state index in [2.05, 4.69) is 25.2 Å². The van der Waals surface area contributed by atoms with Gasteiger partial charge in [0.15, 0.2) is 5.82 Å². The van der Waals surface area contributed by atoms with E-state index in [1.54, 1.807) is 10.9 Å². The maximum Gasteiger partial charge on any atom is 0.157 e. The zero-order chi connectivity index (χ0) is 21.9. The number of pyridine rings is 1. The van der Waals surface area contributed by atoms with Gasteiger partial charge in [0.1, 0.15) is 0 Å². The number of fused-ring (bicyclic) bond motifs is 1. The van der Waals surface area contributed by atoms with Gasteiger partial charge in [-0.2, -0.15) is 5.10 Å². The molecule has 9 heteroatoms. The van der Waals surface area contributed by atoms with Crippen molar-refractivity contribution in [3.8, 4) is 5.82 Å². The first-order valence-electron chi connectivity index (χ1n) is 10.9. The SMILES string of the molecule is Clc1cccc(N2CCN(CCCCc3cn(-c4cccc5ccnn45)nn3)CC2)c1Cl. The van der Waals surface area contributed by atoms with E-state index in [9.17, 15) is 0 Å². The monoisotopic (exact) mass is 469 g/mol. The first-order chi connectivity index (χ1) is 15.7. The van der Waals surface area contributed by atoms with Gasteiger partial charge < -0.3 is 4.90 Å². The highest BCUT2D eigenvalue weighted by molar-refractivity contribution is 6.43. The van der Waals surface area contributed by atoms with Gasteiger partial charge in [0.05, 0.1) is 39.3 Å². The molecule has 1 aliphatic heterocycles. The average Bonchev–Trinajstić information content (AvgIpc) is 3.49. The van der Waals surface area contributed by atoms with Crippen LogP contribution in [-0.4, -0.2) is 62.2 Å². The summed E-state index contributed by atoms with van der Waals surface area (Å²) in [5.41, 5.74) is 3.08. The number of aromatic nitrogens is 5.